The summed E-state index contributed by atoms with van der Waals surface area (Å²) in [6.45, 7) is 2.96. The molecule has 0 unspecified atom stereocenters. The maximum absolute atomic E-state index is 13.4. The first-order chi connectivity index (χ1) is 9.10. The Balaban J connectivity index is 2.06. The van der Waals surface area contributed by atoms with Crippen LogP contribution in [0.1, 0.15) is 17.5 Å². The van der Waals surface area contributed by atoms with Gasteiger partial charge in [-0.15, -0.1) is 0 Å². The molecule has 4 nitrogen and oxygen atoms in total. The van der Waals surface area contributed by atoms with Crippen LogP contribution in [0.25, 0.3) is 0 Å². The third kappa shape index (κ3) is 3.52. The molecule has 1 aromatic rings. The van der Waals surface area contributed by atoms with Crippen LogP contribution in [0.2, 0.25) is 0 Å². The van der Waals surface area contributed by atoms with E-state index in [2.05, 4.69) is 4.90 Å². The van der Waals surface area contributed by atoms with Crippen molar-refractivity contribution in [1.29, 1.82) is 0 Å². The summed E-state index contributed by atoms with van der Waals surface area (Å²) in [4.78, 5) is 15.7. The van der Waals surface area contributed by atoms with Crippen molar-refractivity contribution >= 4 is 5.91 Å². The largest absolute Gasteiger partial charge is 0.345 e. The van der Waals surface area contributed by atoms with Crippen LogP contribution >= 0.6 is 0 Å². The minimum absolute atomic E-state index is 0.138. The van der Waals surface area contributed by atoms with Crippen LogP contribution in [0, 0.1) is 5.82 Å². The molecular weight excluding hydrogens is 245 g/mol. The standard InChI is InChI=1S/C14H20FN3O/c1-17-5-2-6-18(10-14(17)19)9-11-3-4-13(15)12(7-11)8-16/h3-4,7H,2,5-6,8-10,16H2,1H3. The first kappa shape index (κ1) is 14.0. The van der Waals surface area contributed by atoms with Crippen molar-refractivity contribution in [2.24, 2.45) is 5.73 Å². The fourth-order valence-corrected chi connectivity index (χ4v) is 2.32. The Morgan fingerprint density at radius 1 is 1.37 bits per heavy atom. The highest BCUT2D eigenvalue weighted by molar-refractivity contribution is 5.78. The number of hydrogen-bond acceptors (Lipinski definition) is 3. The van der Waals surface area contributed by atoms with Gasteiger partial charge in [0.25, 0.3) is 0 Å². The number of carbonyl (C=O) groups excluding carboxylic acids is 1. The fourth-order valence-electron chi connectivity index (χ4n) is 2.32. The summed E-state index contributed by atoms with van der Waals surface area (Å²) < 4.78 is 13.4. The lowest BCUT2D eigenvalue weighted by Crippen LogP contribution is -2.34. The molecule has 1 aliphatic heterocycles. The maximum Gasteiger partial charge on any atom is 0.236 e. The van der Waals surface area contributed by atoms with E-state index in [4.69, 9.17) is 5.73 Å². The van der Waals surface area contributed by atoms with Gasteiger partial charge < -0.3 is 10.6 Å². The fraction of sp³-hybridized carbons (Fsp3) is 0.500. The number of halogens is 1. The SMILES string of the molecule is CN1CCCN(Cc2ccc(F)c(CN)c2)CC1=O. The van der Waals surface area contributed by atoms with E-state index in [0.29, 0.717) is 18.7 Å². The summed E-state index contributed by atoms with van der Waals surface area (Å²) in [5, 5.41) is 0. The molecule has 2 rings (SSSR count). The zero-order valence-corrected chi connectivity index (χ0v) is 11.2. The molecular formula is C14H20FN3O. The van der Waals surface area contributed by atoms with Crippen LogP contribution in [0.4, 0.5) is 4.39 Å². The molecule has 19 heavy (non-hydrogen) atoms. The van der Waals surface area contributed by atoms with Gasteiger partial charge in [-0.2, -0.15) is 0 Å². The molecule has 1 aliphatic rings. The van der Waals surface area contributed by atoms with Crippen molar-refractivity contribution in [2.45, 2.75) is 19.5 Å². The first-order valence-corrected chi connectivity index (χ1v) is 6.54. The number of nitrogens with zero attached hydrogens (tertiary/aromatic N) is 2. The molecule has 1 saturated heterocycles. The van der Waals surface area contributed by atoms with E-state index in [-0.39, 0.29) is 18.3 Å². The summed E-state index contributed by atoms with van der Waals surface area (Å²) >= 11 is 0. The molecule has 5 heteroatoms. The summed E-state index contributed by atoms with van der Waals surface area (Å²) in [7, 11) is 1.83. The topological polar surface area (TPSA) is 49.6 Å². The van der Waals surface area contributed by atoms with Gasteiger partial charge >= 0.3 is 0 Å². The van der Waals surface area contributed by atoms with Gasteiger partial charge in [0.2, 0.25) is 5.91 Å². The van der Waals surface area contributed by atoms with Gasteiger partial charge in [0.05, 0.1) is 6.54 Å². The lowest BCUT2D eigenvalue weighted by atomic mass is 10.1. The molecule has 0 saturated carbocycles. The van der Waals surface area contributed by atoms with Crippen LogP contribution < -0.4 is 5.73 Å². The Hall–Kier alpha value is -1.46. The van der Waals surface area contributed by atoms with Crippen LogP contribution in [0.15, 0.2) is 18.2 Å². The second-order valence-electron chi connectivity index (χ2n) is 5.01. The van der Waals surface area contributed by atoms with E-state index < -0.39 is 0 Å². The van der Waals surface area contributed by atoms with E-state index in [0.717, 1.165) is 25.1 Å². The van der Waals surface area contributed by atoms with E-state index in [1.807, 2.05) is 7.05 Å². The molecule has 2 N–H and O–H groups in total. The van der Waals surface area contributed by atoms with Crippen LogP contribution in [-0.2, 0) is 17.9 Å². The number of likely N-dealkylation sites (N-methyl/N-ethyl adjacent to an activating group) is 1. The van der Waals surface area contributed by atoms with E-state index in [9.17, 15) is 9.18 Å². The number of nitrogens with two attached hydrogens (primary N) is 1. The van der Waals surface area contributed by atoms with E-state index in [1.54, 1.807) is 17.0 Å². The smallest absolute Gasteiger partial charge is 0.236 e. The van der Waals surface area contributed by atoms with Crippen LogP contribution in [0.5, 0.6) is 0 Å². The first-order valence-electron chi connectivity index (χ1n) is 6.54. The zero-order valence-electron chi connectivity index (χ0n) is 11.2. The third-order valence-electron chi connectivity index (χ3n) is 3.49. The monoisotopic (exact) mass is 265 g/mol. The van der Waals surface area contributed by atoms with Crippen molar-refractivity contribution in [3.8, 4) is 0 Å². The molecule has 1 fully saturated rings. The van der Waals surface area contributed by atoms with Gasteiger partial charge in [0, 0.05) is 38.8 Å². The highest BCUT2D eigenvalue weighted by Crippen LogP contribution is 2.13. The second kappa shape index (κ2) is 6.12. The lowest BCUT2D eigenvalue weighted by Gasteiger charge is -2.19. The molecule has 1 amide bonds. The summed E-state index contributed by atoms with van der Waals surface area (Å²) in [6, 6.07) is 4.99. The van der Waals surface area contributed by atoms with Gasteiger partial charge in [-0.3, -0.25) is 9.69 Å². The Morgan fingerprint density at radius 3 is 2.89 bits per heavy atom. The summed E-state index contributed by atoms with van der Waals surface area (Å²) in [6.07, 6.45) is 0.965. The van der Waals surface area contributed by atoms with Gasteiger partial charge in [-0.05, 0) is 18.1 Å². The van der Waals surface area contributed by atoms with Gasteiger partial charge in [0.1, 0.15) is 5.82 Å². The van der Waals surface area contributed by atoms with Gasteiger partial charge in [0.15, 0.2) is 0 Å². The van der Waals surface area contributed by atoms with Crippen molar-refractivity contribution in [1.82, 2.24) is 9.80 Å². The summed E-state index contributed by atoms with van der Waals surface area (Å²) in [5.74, 6) is -0.128. The quantitative estimate of drug-likeness (QED) is 0.885. The normalized spacial score (nSPS) is 17.6. The number of carbonyl (C=O) groups is 1. The van der Waals surface area contributed by atoms with Crippen LogP contribution in [-0.4, -0.2) is 42.4 Å². The van der Waals surface area contributed by atoms with Crippen molar-refractivity contribution in [3.63, 3.8) is 0 Å². The predicted octanol–water partition coefficient (Wildman–Crippen LogP) is 0.948. The zero-order chi connectivity index (χ0) is 13.8. The Bertz CT molecular complexity index is 464. The third-order valence-corrected chi connectivity index (χ3v) is 3.49. The Kier molecular flexibility index (Phi) is 4.50. The Labute approximate surface area is 113 Å². The minimum Gasteiger partial charge on any atom is -0.345 e. The van der Waals surface area contributed by atoms with Crippen molar-refractivity contribution in [2.75, 3.05) is 26.7 Å². The molecule has 104 valence electrons. The molecule has 0 bridgehead atoms. The number of rotatable bonds is 3. The van der Waals surface area contributed by atoms with Gasteiger partial charge in [-0.1, -0.05) is 12.1 Å². The average Bonchev–Trinajstić information content (AvgIpc) is 2.54. The molecule has 1 aromatic carbocycles. The molecule has 1 heterocycles. The maximum atomic E-state index is 13.4. The summed E-state index contributed by atoms with van der Waals surface area (Å²) in [5.41, 5.74) is 7.03. The minimum atomic E-state index is -0.266. The second-order valence-corrected chi connectivity index (χ2v) is 5.01. The average molecular weight is 265 g/mol. The molecule has 0 aromatic heterocycles. The van der Waals surface area contributed by atoms with E-state index in [1.165, 1.54) is 6.07 Å². The molecule has 0 spiro atoms. The van der Waals surface area contributed by atoms with E-state index >= 15 is 0 Å². The molecule has 0 atom stereocenters. The highest BCUT2D eigenvalue weighted by atomic mass is 19.1. The molecule has 0 radical (unpaired) electrons. The highest BCUT2D eigenvalue weighted by Gasteiger charge is 2.19. The number of amides is 1. The van der Waals surface area contributed by atoms with Crippen molar-refractivity contribution in [3.05, 3.63) is 35.1 Å². The van der Waals surface area contributed by atoms with Gasteiger partial charge in [-0.25, -0.2) is 4.39 Å². The number of benzene rings is 1. The van der Waals surface area contributed by atoms with Crippen LogP contribution in [0.3, 0.4) is 0 Å². The Morgan fingerprint density at radius 2 is 2.16 bits per heavy atom. The lowest BCUT2D eigenvalue weighted by molar-refractivity contribution is -0.129. The number of hydrogen-bond donors (Lipinski definition) is 1. The predicted molar refractivity (Wildman–Crippen MR) is 71.8 cm³/mol. The molecule has 0 aliphatic carbocycles. The van der Waals surface area contributed by atoms with Crippen molar-refractivity contribution < 1.29 is 9.18 Å².